The van der Waals surface area contributed by atoms with Crippen LogP contribution < -0.4 is 10.2 Å². The average Bonchev–Trinajstić information content (AvgIpc) is 3.52. The van der Waals surface area contributed by atoms with Crippen molar-refractivity contribution in [2.75, 3.05) is 36.9 Å². The number of thiazole rings is 1. The highest BCUT2D eigenvalue weighted by Crippen LogP contribution is 2.31. The van der Waals surface area contributed by atoms with Gasteiger partial charge >= 0.3 is 0 Å². The summed E-state index contributed by atoms with van der Waals surface area (Å²) in [5.74, 6) is 0.105. The number of benzene rings is 3. The highest BCUT2D eigenvalue weighted by Gasteiger charge is 2.25. The Balaban J connectivity index is 1.24. The highest BCUT2D eigenvalue weighted by atomic mass is 32.1. The van der Waals surface area contributed by atoms with E-state index < -0.39 is 0 Å². The maximum absolute atomic E-state index is 13.2. The molecule has 1 atom stereocenters. The van der Waals surface area contributed by atoms with Gasteiger partial charge in [-0.1, -0.05) is 35.6 Å². The van der Waals surface area contributed by atoms with E-state index in [-0.39, 0.29) is 17.6 Å². The molecule has 4 aromatic rings. The fourth-order valence-electron chi connectivity index (χ4n) is 4.55. The lowest BCUT2D eigenvalue weighted by Gasteiger charge is -2.20. The van der Waals surface area contributed by atoms with Gasteiger partial charge in [0.1, 0.15) is 5.82 Å². The van der Waals surface area contributed by atoms with E-state index in [0.717, 1.165) is 52.5 Å². The molecular weight excluding hydrogens is 475 g/mol. The second-order valence-corrected chi connectivity index (χ2v) is 10.2. The van der Waals surface area contributed by atoms with Crippen molar-refractivity contribution in [2.24, 2.45) is 5.92 Å². The molecule has 5 rings (SSSR count). The molecule has 36 heavy (non-hydrogen) atoms. The van der Waals surface area contributed by atoms with E-state index in [1.807, 2.05) is 42.3 Å². The summed E-state index contributed by atoms with van der Waals surface area (Å²) in [5, 5.41) is 3.89. The van der Waals surface area contributed by atoms with Crippen molar-refractivity contribution >= 4 is 44.2 Å². The van der Waals surface area contributed by atoms with Gasteiger partial charge in [0.25, 0.3) is 5.91 Å². The molecule has 0 bridgehead atoms. The predicted octanol–water partition coefficient (Wildman–Crippen LogP) is 5.66. The molecule has 6 nitrogen and oxygen atoms in total. The monoisotopic (exact) mass is 502 g/mol. The lowest BCUT2D eigenvalue weighted by Crippen LogP contribution is -2.30. The zero-order chi connectivity index (χ0) is 25.2. The minimum atomic E-state index is -0.277. The van der Waals surface area contributed by atoms with Crippen LogP contribution in [0.15, 0.2) is 66.7 Å². The van der Waals surface area contributed by atoms with E-state index in [9.17, 15) is 14.0 Å². The van der Waals surface area contributed by atoms with Gasteiger partial charge < -0.3 is 15.1 Å². The Morgan fingerprint density at radius 3 is 2.44 bits per heavy atom. The molecule has 1 aliphatic heterocycles. The maximum Gasteiger partial charge on any atom is 0.255 e. The fourth-order valence-corrected chi connectivity index (χ4v) is 5.52. The first kappa shape index (κ1) is 23.9. The average molecular weight is 503 g/mol. The van der Waals surface area contributed by atoms with Crippen molar-refractivity contribution in [2.45, 2.75) is 13.3 Å². The molecule has 1 N–H and O–H groups in total. The maximum atomic E-state index is 13.2. The van der Waals surface area contributed by atoms with Gasteiger partial charge in [-0.2, -0.15) is 0 Å². The van der Waals surface area contributed by atoms with E-state index in [2.05, 4.69) is 10.2 Å². The number of fused-ring (bicyclic) bond motifs is 1. The Kier molecular flexibility index (Phi) is 6.69. The third-order valence-corrected chi connectivity index (χ3v) is 7.68. The Morgan fingerprint density at radius 2 is 1.78 bits per heavy atom. The number of halogens is 1. The third kappa shape index (κ3) is 5.23. The van der Waals surface area contributed by atoms with Crippen molar-refractivity contribution in [3.63, 3.8) is 0 Å². The molecule has 2 heterocycles. The van der Waals surface area contributed by atoms with E-state index >= 15 is 0 Å². The van der Waals surface area contributed by atoms with E-state index in [4.69, 9.17) is 4.98 Å². The summed E-state index contributed by atoms with van der Waals surface area (Å²) < 4.78 is 14.2. The second-order valence-electron chi connectivity index (χ2n) is 9.22. The Labute approximate surface area is 213 Å². The minimum Gasteiger partial charge on any atom is -0.351 e. The predicted molar refractivity (Wildman–Crippen MR) is 143 cm³/mol. The summed E-state index contributed by atoms with van der Waals surface area (Å²) in [6.45, 7) is 4.09. The number of anilines is 2. The molecule has 1 aliphatic rings. The molecule has 184 valence electrons. The molecule has 8 heteroatoms. The molecule has 1 saturated heterocycles. The largest absolute Gasteiger partial charge is 0.351 e. The first-order chi connectivity index (χ1) is 17.4. The quantitative estimate of drug-likeness (QED) is 0.370. The summed E-state index contributed by atoms with van der Waals surface area (Å²) in [6.07, 6.45) is 1.01. The SMILES string of the molecule is CC(=O)N1CCC(CN(C)c2nc3ccc(NC(=O)c4ccc(-c5ccc(F)cc5)cc4)cc3s2)C1. The molecule has 3 aromatic carbocycles. The summed E-state index contributed by atoms with van der Waals surface area (Å²) in [7, 11) is 2.03. The number of carbonyl (C=O) groups is 2. The Morgan fingerprint density at radius 1 is 1.08 bits per heavy atom. The van der Waals surface area contributed by atoms with Crippen molar-refractivity contribution in [3.05, 3.63) is 78.1 Å². The van der Waals surface area contributed by atoms with Crippen LogP contribution in [0.5, 0.6) is 0 Å². The van der Waals surface area contributed by atoms with Crippen LogP contribution in [-0.2, 0) is 4.79 Å². The lowest BCUT2D eigenvalue weighted by atomic mass is 10.0. The standard InChI is InChI=1S/C28H27FN4O2S/c1-18(34)33-14-13-19(17-33)16-32(2)28-31-25-12-11-24(15-26(25)36-28)30-27(35)22-5-3-20(4-6-22)21-7-9-23(29)10-8-21/h3-12,15,19H,13-14,16-17H2,1-2H3,(H,30,35). The van der Waals surface area contributed by atoms with Crippen LogP contribution in [0.2, 0.25) is 0 Å². The van der Waals surface area contributed by atoms with E-state index in [1.165, 1.54) is 12.1 Å². The number of nitrogens with one attached hydrogen (secondary N) is 1. The van der Waals surface area contributed by atoms with Crippen molar-refractivity contribution < 1.29 is 14.0 Å². The van der Waals surface area contributed by atoms with E-state index in [0.29, 0.717) is 17.2 Å². The minimum absolute atomic E-state index is 0.138. The first-order valence-electron chi connectivity index (χ1n) is 11.9. The summed E-state index contributed by atoms with van der Waals surface area (Å²) >= 11 is 1.59. The van der Waals surface area contributed by atoms with Crippen LogP contribution in [0.25, 0.3) is 21.3 Å². The van der Waals surface area contributed by atoms with Crippen LogP contribution in [0.3, 0.4) is 0 Å². The number of amides is 2. The zero-order valence-corrected chi connectivity index (χ0v) is 21.0. The van der Waals surface area contributed by atoms with Gasteiger partial charge in [0.15, 0.2) is 5.13 Å². The number of likely N-dealkylation sites (tertiary alicyclic amines) is 1. The number of aromatic nitrogens is 1. The Bertz CT molecular complexity index is 1400. The third-order valence-electron chi connectivity index (χ3n) is 6.55. The molecule has 0 spiro atoms. The first-order valence-corrected chi connectivity index (χ1v) is 12.7. The van der Waals surface area contributed by atoms with Crippen molar-refractivity contribution in [3.8, 4) is 11.1 Å². The molecular formula is C28H27FN4O2S. The van der Waals surface area contributed by atoms with Crippen molar-refractivity contribution in [1.29, 1.82) is 0 Å². The number of rotatable bonds is 6. The van der Waals surface area contributed by atoms with Crippen LogP contribution in [0.4, 0.5) is 15.2 Å². The molecule has 1 unspecified atom stereocenters. The summed E-state index contributed by atoms with van der Waals surface area (Å²) in [4.78, 5) is 33.2. The van der Waals surface area contributed by atoms with Crippen LogP contribution >= 0.6 is 11.3 Å². The number of nitrogens with zero attached hydrogens (tertiary/aromatic N) is 3. The van der Waals surface area contributed by atoms with E-state index in [1.54, 1.807) is 42.5 Å². The van der Waals surface area contributed by atoms with Gasteiger partial charge in [-0.05, 0) is 65.9 Å². The van der Waals surface area contributed by atoms with Gasteiger partial charge in [-0.15, -0.1) is 0 Å². The van der Waals surface area contributed by atoms with Gasteiger partial charge in [0.05, 0.1) is 10.2 Å². The van der Waals surface area contributed by atoms with Crippen LogP contribution in [0.1, 0.15) is 23.7 Å². The van der Waals surface area contributed by atoms with Crippen molar-refractivity contribution in [1.82, 2.24) is 9.88 Å². The lowest BCUT2D eigenvalue weighted by molar-refractivity contribution is -0.127. The summed E-state index contributed by atoms with van der Waals surface area (Å²) in [6, 6.07) is 19.3. The molecule has 2 amide bonds. The molecule has 1 aromatic heterocycles. The Hall–Kier alpha value is -3.78. The zero-order valence-electron chi connectivity index (χ0n) is 20.2. The fraction of sp³-hybridized carbons (Fsp3) is 0.250. The molecule has 0 aliphatic carbocycles. The van der Waals surface area contributed by atoms with Crippen LogP contribution in [-0.4, -0.2) is 48.4 Å². The van der Waals surface area contributed by atoms with Gasteiger partial charge in [-0.25, -0.2) is 9.37 Å². The highest BCUT2D eigenvalue weighted by molar-refractivity contribution is 7.22. The van der Waals surface area contributed by atoms with Gasteiger partial charge in [0, 0.05) is 44.9 Å². The second kappa shape index (κ2) is 10.1. The molecule has 0 saturated carbocycles. The van der Waals surface area contributed by atoms with Gasteiger partial charge in [-0.3, -0.25) is 9.59 Å². The normalized spacial score (nSPS) is 15.3. The topological polar surface area (TPSA) is 65.5 Å². The van der Waals surface area contributed by atoms with Crippen LogP contribution in [0, 0.1) is 11.7 Å². The number of carbonyl (C=O) groups excluding carboxylic acids is 2. The molecule has 1 fully saturated rings. The number of hydrogen-bond acceptors (Lipinski definition) is 5. The molecule has 0 radical (unpaired) electrons. The summed E-state index contributed by atoms with van der Waals surface area (Å²) in [5.41, 5.74) is 3.95. The number of hydrogen-bond donors (Lipinski definition) is 1. The smallest absolute Gasteiger partial charge is 0.255 e. The van der Waals surface area contributed by atoms with Gasteiger partial charge in [0.2, 0.25) is 5.91 Å².